The van der Waals surface area contributed by atoms with Gasteiger partial charge in [-0.05, 0) is 38.3 Å². The number of anilines is 1. The van der Waals surface area contributed by atoms with Crippen molar-refractivity contribution in [2.24, 2.45) is 10.3 Å². The molecular weight excluding hydrogens is 486 g/mol. The zero-order chi connectivity index (χ0) is 22.5. The molecule has 0 fully saturated rings. The molecule has 10 heteroatoms. The Balaban J connectivity index is 1.53. The number of nitrogens with zero attached hydrogens (tertiary/aromatic N) is 7. The molecule has 0 unspecified atom stereocenters. The van der Waals surface area contributed by atoms with Crippen molar-refractivity contribution in [3.05, 3.63) is 95.0 Å². The van der Waals surface area contributed by atoms with Gasteiger partial charge >= 0.3 is 0 Å². The smallest absolute Gasteiger partial charge is 0.242 e. The Morgan fingerprint density at radius 3 is 2.12 bits per heavy atom. The molecule has 5 rings (SSSR count). The first-order valence-electron chi connectivity index (χ1n) is 9.97. The summed E-state index contributed by atoms with van der Waals surface area (Å²) in [4.78, 5) is 0. The molecule has 0 N–H and O–H groups in total. The second-order valence-corrected chi connectivity index (χ2v) is 7.90. The largest absolute Gasteiger partial charge is 0.247 e. The molecule has 0 radical (unpaired) electrons. The van der Waals surface area contributed by atoms with Crippen molar-refractivity contribution in [2.75, 3.05) is 5.01 Å². The second kappa shape index (κ2) is 9.53. The Morgan fingerprint density at radius 2 is 1.39 bits per heavy atom. The first-order chi connectivity index (χ1) is 16.3. The minimum Gasteiger partial charge on any atom is -0.242 e. The van der Waals surface area contributed by atoms with Gasteiger partial charge in [0.2, 0.25) is 11.6 Å². The van der Waals surface area contributed by atoms with E-state index in [1.807, 2.05) is 84.9 Å². The lowest BCUT2D eigenvalue weighted by molar-refractivity contribution is 0.308. The average Bonchev–Trinajstić information content (AvgIpc) is 3.53. The summed E-state index contributed by atoms with van der Waals surface area (Å²) in [6.45, 7) is 0.364. The Morgan fingerprint density at radius 1 is 0.727 bits per heavy atom. The molecule has 0 aliphatic rings. The van der Waals surface area contributed by atoms with Crippen molar-refractivity contribution in [2.45, 2.75) is 6.54 Å². The van der Waals surface area contributed by atoms with Crippen LogP contribution in [0.3, 0.4) is 0 Å². The number of hydrogen-bond donors (Lipinski definition) is 0. The number of hydrogen-bond acceptors (Lipinski definition) is 8. The summed E-state index contributed by atoms with van der Waals surface area (Å²) in [5, 5.41) is 26.4. The third-order valence-corrected chi connectivity index (χ3v) is 5.24. The lowest BCUT2D eigenvalue weighted by atomic mass is 10.1. The highest BCUT2D eigenvalue weighted by Gasteiger charge is 2.21. The van der Waals surface area contributed by atoms with E-state index in [4.69, 9.17) is 9.26 Å². The monoisotopic (exact) mass is 501 g/mol. The summed E-state index contributed by atoms with van der Waals surface area (Å²) in [5.74, 6) is 0.667. The normalized spacial score (nSPS) is 11.2. The van der Waals surface area contributed by atoms with E-state index in [1.54, 1.807) is 5.01 Å². The predicted molar refractivity (Wildman–Crippen MR) is 124 cm³/mol. The third-order valence-electron chi connectivity index (χ3n) is 4.75. The summed E-state index contributed by atoms with van der Waals surface area (Å²) in [7, 11) is 0. The SMILES string of the molecule is Brc1cccc(CN(N=Nc2nonc2-c2ccccc2)c2nonc2-c2ccccc2)c1. The van der Waals surface area contributed by atoms with E-state index in [1.165, 1.54) is 0 Å². The van der Waals surface area contributed by atoms with Crippen LogP contribution < -0.4 is 5.01 Å². The summed E-state index contributed by atoms with van der Waals surface area (Å²) < 4.78 is 10.9. The van der Waals surface area contributed by atoms with E-state index in [0.29, 0.717) is 23.8 Å². The van der Waals surface area contributed by atoms with Gasteiger partial charge in [0.05, 0.1) is 6.54 Å². The maximum absolute atomic E-state index is 5.07. The number of aromatic nitrogens is 4. The molecule has 2 aromatic heterocycles. The van der Waals surface area contributed by atoms with E-state index in [-0.39, 0.29) is 5.82 Å². The molecule has 162 valence electrons. The van der Waals surface area contributed by atoms with E-state index < -0.39 is 0 Å². The Labute approximate surface area is 196 Å². The fourth-order valence-electron chi connectivity index (χ4n) is 3.21. The molecule has 0 amide bonds. The van der Waals surface area contributed by atoms with Crippen molar-refractivity contribution in [3.63, 3.8) is 0 Å². The molecule has 0 bridgehead atoms. The van der Waals surface area contributed by atoms with Crippen molar-refractivity contribution in [1.82, 2.24) is 20.6 Å². The van der Waals surface area contributed by atoms with Crippen LogP contribution in [-0.2, 0) is 6.54 Å². The van der Waals surface area contributed by atoms with E-state index >= 15 is 0 Å². The van der Waals surface area contributed by atoms with Crippen LogP contribution in [0.4, 0.5) is 11.6 Å². The maximum atomic E-state index is 5.07. The molecule has 9 nitrogen and oxygen atoms in total. The molecule has 0 saturated carbocycles. The number of halogens is 1. The maximum Gasteiger partial charge on any atom is 0.247 e. The van der Waals surface area contributed by atoms with Crippen molar-refractivity contribution < 1.29 is 9.26 Å². The van der Waals surface area contributed by atoms with Gasteiger partial charge in [0.15, 0.2) is 11.4 Å². The standard InChI is InChI=1S/C23H16BrN7O2/c24-19-13-7-8-16(14-19)15-31(23-21(27-33-29-23)18-11-5-2-6-12-18)30-25-22-20(26-32-28-22)17-9-3-1-4-10-17/h1-14H,15H2. The van der Waals surface area contributed by atoms with Gasteiger partial charge in [-0.1, -0.05) is 93.9 Å². The molecule has 0 aliphatic heterocycles. The summed E-state index contributed by atoms with van der Waals surface area (Å²) in [6.07, 6.45) is 0. The molecule has 0 aliphatic carbocycles. The molecule has 33 heavy (non-hydrogen) atoms. The number of benzene rings is 3. The van der Waals surface area contributed by atoms with Gasteiger partial charge in [0.1, 0.15) is 0 Å². The Kier molecular flexibility index (Phi) is 5.98. The zero-order valence-corrected chi connectivity index (χ0v) is 18.7. The van der Waals surface area contributed by atoms with Gasteiger partial charge in [0, 0.05) is 15.6 Å². The molecule has 0 spiro atoms. The van der Waals surface area contributed by atoms with Gasteiger partial charge in [-0.15, -0.1) is 5.11 Å². The van der Waals surface area contributed by atoms with Crippen LogP contribution in [0.5, 0.6) is 0 Å². The van der Waals surface area contributed by atoms with Crippen LogP contribution in [0.2, 0.25) is 0 Å². The van der Waals surface area contributed by atoms with Gasteiger partial charge in [-0.25, -0.2) is 14.3 Å². The molecule has 0 atom stereocenters. The van der Waals surface area contributed by atoms with Crippen LogP contribution >= 0.6 is 15.9 Å². The zero-order valence-electron chi connectivity index (χ0n) is 17.1. The predicted octanol–water partition coefficient (Wildman–Crippen LogP) is 6.25. The minimum absolute atomic E-state index is 0.248. The topological polar surface area (TPSA) is 106 Å². The lowest BCUT2D eigenvalue weighted by Gasteiger charge is -2.15. The van der Waals surface area contributed by atoms with Gasteiger partial charge in [-0.3, -0.25) is 0 Å². The average molecular weight is 502 g/mol. The minimum atomic E-state index is 0.248. The van der Waals surface area contributed by atoms with Gasteiger partial charge < -0.3 is 0 Å². The summed E-state index contributed by atoms with van der Waals surface area (Å²) >= 11 is 3.51. The Hall–Kier alpha value is -4.18. The molecule has 0 saturated heterocycles. The second-order valence-electron chi connectivity index (χ2n) is 6.98. The third kappa shape index (κ3) is 4.70. The highest BCUT2D eigenvalue weighted by molar-refractivity contribution is 9.10. The van der Waals surface area contributed by atoms with Crippen LogP contribution in [0.25, 0.3) is 22.5 Å². The molecule has 2 heterocycles. The van der Waals surface area contributed by atoms with E-state index in [0.717, 1.165) is 21.2 Å². The fourth-order valence-corrected chi connectivity index (χ4v) is 3.66. The first-order valence-corrected chi connectivity index (χ1v) is 10.8. The lowest BCUT2D eigenvalue weighted by Crippen LogP contribution is -2.16. The summed E-state index contributed by atoms with van der Waals surface area (Å²) in [6, 6.07) is 27.0. The van der Waals surface area contributed by atoms with Gasteiger partial charge in [-0.2, -0.15) is 0 Å². The molecular formula is C23H16BrN7O2. The number of rotatable bonds is 7. The van der Waals surface area contributed by atoms with E-state index in [2.05, 4.69) is 46.9 Å². The summed E-state index contributed by atoms with van der Waals surface area (Å²) in [5.41, 5.74) is 3.68. The van der Waals surface area contributed by atoms with Crippen LogP contribution in [0, 0.1) is 0 Å². The van der Waals surface area contributed by atoms with Gasteiger partial charge in [0.25, 0.3) is 0 Å². The quantitative estimate of drug-likeness (QED) is 0.191. The molecule has 5 aromatic rings. The highest BCUT2D eigenvalue weighted by atomic mass is 79.9. The molecule has 3 aromatic carbocycles. The van der Waals surface area contributed by atoms with Crippen LogP contribution in [0.15, 0.2) is 109 Å². The first kappa shape index (κ1) is 20.7. The van der Waals surface area contributed by atoms with Crippen molar-refractivity contribution in [1.29, 1.82) is 0 Å². The van der Waals surface area contributed by atoms with Crippen molar-refractivity contribution in [3.8, 4) is 22.5 Å². The fraction of sp³-hybridized carbons (Fsp3) is 0.0435. The van der Waals surface area contributed by atoms with Crippen LogP contribution in [-0.4, -0.2) is 20.6 Å². The highest BCUT2D eigenvalue weighted by Crippen LogP contribution is 2.31. The van der Waals surface area contributed by atoms with Crippen molar-refractivity contribution >= 4 is 27.6 Å². The van der Waals surface area contributed by atoms with Crippen LogP contribution in [0.1, 0.15) is 5.56 Å². The Bertz CT molecular complexity index is 1370. The van der Waals surface area contributed by atoms with E-state index in [9.17, 15) is 0 Å².